The summed E-state index contributed by atoms with van der Waals surface area (Å²) in [6.07, 6.45) is -0.0903. The van der Waals surface area contributed by atoms with Crippen LogP contribution in [0.25, 0.3) is 0 Å². The molecule has 0 aromatic heterocycles. The summed E-state index contributed by atoms with van der Waals surface area (Å²) in [6, 6.07) is 0. The van der Waals surface area contributed by atoms with E-state index in [9.17, 15) is 4.79 Å². The maximum absolute atomic E-state index is 10.1. The van der Waals surface area contributed by atoms with Gasteiger partial charge >= 0.3 is 5.97 Å². The average Bonchev–Trinajstić information content (AvgIpc) is 2.43. The Hall–Kier alpha value is -0.0900. The van der Waals surface area contributed by atoms with Gasteiger partial charge in [-0.15, -0.1) is 0 Å². The number of ether oxygens (including phenoxy) is 1. The van der Waals surface area contributed by atoms with E-state index in [0.717, 1.165) is 0 Å². The van der Waals surface area contributed by atoms with Crippen LogP contribution in [0.2, 0.25) is 0 Å². The van der Waals surface area contributed by atoms with E-state index in [4.69, 9.17) is 9.84 Å². The van der Waals surface area contributed by atoms with E-state index in [1.807, 2.05) is 0 Å². The van der Waals surface area contributed by atoms with Crippen molar-refractivity contribution in [2.24, 2.45) is 0 Å². The summed E-state index contributed by atoms with van der Waals surface area (Å²) >= 11 is 2.94. The first kappa shape index (κ1) is 6.04. The van der Waals surface area contributed by atoms with Crippen molar-refractivity contribution in [3.05, 3.63) is 0 Å². The summed E-state index contributed by atoms with van der Waals surface area (Å²) in [5.74, 6) is -0.854. The third-order valence-corrected chi connectivity index (χ3v) is 1.90. The first-order valence-corrected chi connectivity index (χ1v) is 3.12. The van der Waals surface area contributed by atoms with Crippen LogP contribution in [-0.2, 0) is 9.53 Å². The predicted octanol–water partition coefficient (Wildman–Crippen LogP) is 0.233. The highest BCUT2D eigenvalue weighted by Gasteiger charge is 2.35. The largest absolute Gasteiger partial charge is 0.480 e. The number of aliphatic carboxylic acids is 1. The van der Waals surface area contributed by atoms with Gasteiger partial charge in [0.1, 0.15) is 10.9 Å². The molecule has 8 heavy (non-hydrogen) atoms. The molecular formula is C4H5BrO3. The van der Waals surface area contributed by atoms with E-state index in [0.29, 0.717) is 6.61 Å². The second kappa shape index (κ2) is 2.03. The molecule has 2 unspecified atom stereocenters. The van der Waals surface area contributed by atoms with Crippen LogP contribution in [0, 0.1) is 0 Å². The molecule has 0 bridgehead atoms. The van der Waals surface area contributed by atoms with Crippen LogP contribution in [0.5, 0.6) is 0 Å². The summed E-state index contributed by atoms with van der Waals surface area (Å²) in [4.78, 5) is 9.54. The molecule has 0 saturated carbocycles. The van der Waals surface area contributed by atoms with E-state index in [1.165, 1.54) is 0 Å². The molecule has 4 heteroatoms. The lowest BCUT2D eigenvalue weighted by Gasteiger charge is -1.94. The summed E-state index contributed by atoms with van der Waals surface area (Å²) in [5, 5.41) is 8.27. The molecular weight excluding hydrogens is 176 g/mol. The molecule has 0 amide bonds. The SMILES string of the molecule is O=C(O)C(Br)C1CO1. The molecule has 1 N–H and O–H groups in total. The number of rotatable bonds is 2. The first-order valence-electron chi connectivity index (χ1n) is 2.20. The number of carboxylic acid groups (broad SMARTS) is 1. The van der Waals surface area contributed by atoms with Gasteiger partial charge in [-0.3, -0.25) is 4.79 Å². The minimum atomic E-state index is -0.854. The number of halogens is 1. The van der Waals surface area contributed by atoms with Crippen molar-refractivity contribution in [1.82, 2.24) is 0 Å². The number of hydrogen-bond acceptors (Lipinski definition) is 2. The summed E-state index contributed by atoms with van der Waals surface area (Å²) in [6.45, 7) is 0.572. The molecule has 46 valence electrons. The van der Waals surface area contributed by atoms with Crippen molar-refractivity contribution in [3.63, 3.8) is 0 Å². The highest BCUT2D eigenvalue weighted by Crippen LogP contribution is 2.20. The normalized spacial score (nSPS) is 29.4. The zero-order chi connectivity index (χ0) is 6.15. The average molecular weight is 181 g/mol. The van der Waals surface area contributed by atoms with Gasteiger partial charge in [-0.2, -0.15) is 0 Å². The summed E-state index contributed by atoms with van der Waals surface area (Å²) in [5.41, 5.74) is 0. The molecule has 0 spiro atoms. The van der Waals surface area contributed by atoms with E-state index in [2.05, 4.69) is 15.9 Å². The summed E-state index contributed by atoms with van der Waals surface area (Å²) < 4.78 is 4.70. The molecule has 2 atom stereocenters. The van der Waals surface area contributed by atoms with Gasteiger partial charge in [0.15, 0.2) is 0 Å². The van der Waals surface area contributed by atoms with Gasteiger partial charge in [-0.25, -0.2) is 0 Å². The lowest BCUT2D eigenvalue weighted by molar-refractivity contribution is -0.136. The van der Waals surface area contributed by atoms with E-state index >= 15 is 0 Å². The van der Waals surface area contributed by atoms with Crippen molar-refractivity contribution in [1.29, 1.82) is 0 Å². The van der Waals surface area contributed by atoms with Crippen molar-refractivity contribution in [3.8, 4) is 0 Å². The monoisotopic (exact) mass is 180 g/mol. The van der Waals surface area contributed by atoms with Crippen molar-refractivity contribution >= 4 is 21.9 Å². The molecule has 0 aromatic rings. The van der Waals surface area contributed by atoms with Gasteiger partial charge in [0.2, 0.25) is 0 Å². The Labute approximate surface area is 54.8 Å². The Morgan fingerprint density at radius 1 is 2.00 bits per heavy atom. The number of hydrogen-bond donors (Lipinski definition) is 1. The quantitative estimate of drug-likeness (QED) is 0.490. The zero-order valence-electron chi connectivity index (χ0n) is 4.00. The fourth-order valence-corrected chi connectivity index (χ4v) is 0.689. The minimum Gasteiger partial charge on any atom is -0.480 e. The highest BCUT2D eigenvalue weighted by molar-refractivity contribution is 9.10. The smallest absolute Gasteiger partial charge is 0.320 e. The molecule has 3 nitrogen and oxygen atoms in total. The maximum Gasteiger partial charge on any atom is 0.320 e. The number of carboxylic acids is 1. The van der Waals surface area contributed by atoms with E-state index in [-0.39, 0.29) is 6.10 Å². The minimum absolute atomic E-state index is 0.0903. The van der Waals surface area contributed by atoms with Gasteiger partial charge in [0.05, 0.1) is 6.61 Å². The second-order valence-corrected chi connectivity index (χ2v) is 2.60. The molecule has 0 radical (unpaired) electrons. The Morgan fingerprint density at radius 2 is 2.50 bits per heavy atom. The molecule has 1 fully saturated rings. The molecule has 1 rings (SSSR count). The van der Waals surface area contributed by atoms with Crippen molar-refractivity contribution in [2.45, 2.75) is 10.9 Å². The number of carbonyl (C=O) groups is 1. The Balaban J connectivity index is 2.32. The maximum atomic E-state index is 10.1. The molecule has 1 saturated heterocycles. The van der Waals surface area contributed by atoms with Gasteiger partial charge in [-0.1, -0.05) is 15.9 Å². The number of alkyl halides is 1. The van der Waals surface area contributed by atoms with Crippen LogP contribution >= 0.6 is 15.9 Å². The van der Waals surface area contributed by atoms with Crippen LogP contribution in [0.15, 0.2) is 0 Å². The first-order chi connectivity index (χ1) is 3.72. The Kier molecular flexibility index (Phi) is 1.53. The fourth-order valence-electron chi connectivity index (χ4n) is 0.384. The summed E-state index contributed by atoms with van der Waals surface area (Å²) in [7, 11) is 0. The van der Waals surface area contributed by atoms with Gasteiger partial charge in [-0.05, 0) is 0 Å². The predicted molar refractivity (Wildman–Crippen MR) is 30.1 cm³/mol. The molecule has 1 aliphatic heterocycles. The standard InChI is InChI=1S/C4H5BrO3/c5-3(4(6)7)2-1-8-2/h2-3H,1H2,(H,6,7). The molecule has 1 aliphatic rings. The Bertz CT molecular complexity index is 110. The lowest BCUT2D eigenvalue weighted by Crippen LogP contribution is -2.18. The topological polar surface area (TPSA) is 49.8 Å². The third kappa shape index (κ3) is 1.20. The van der Waals surface area contributed by atoms with Crippen LogP contribution in [-0.4, -0.2) is 28.6 Å². The fraction of sp³-hybridized carbons (Fsp3) is 0.750. The molecule has 0 aromatic carbocycles. The van der Waals surface area contributed by atoms with Crippen LogP contribution < -0.4 is 0 Å². The zero-order valence-corrected chi connectivity index (χ0v) is 5.59. The highest BCUT2D eigenvalue weighted by atomic mass is 79.9. The van der Waals surface area contributed by atoms with Crippen LogP contribution in [0.3, 0.4) is 0 Å². The van der Waals surface area contributed by atoms with E-state index < -0.39 is 10.8 Å². The second-order valence-electron chi connectivity index (χ2n) is 1.61. The number of epoxide rings is 1. The van der Waals surface area contributed by atoms with Gasteiger partial charge < -0.3 is 9.84 Å². The van der Waals surface area contributed by atoms with Gasteiger partial charge in [0.25, 0.3) is 0 Å². The molecule has 1 heterocycles. The van der Waals surface area contributed by atoms with Crippen LogP contribution in [0.4, 0.5) is 0 Å². The third-order valence-electron chi connectivity index (χ3n) is 0.921. The van der Waals surface area contributed by atoms with Crippen LogP contribution in [0.1, 0.15) is 0 Å². The Morgan fingerprint density at radius 3 is 2.62 bits per heavy atom. The molecule has 0 aliphatic carbocycles. The van der Waals surface area contributed by atoms with E-state index in [1.54, 1.807) is 0 Å². The van der Waals surface area contributed by atoms with Gasteiger partial charge in [0, 0.05) is 0 Å². The lowest BCUT2D eigenvalue weighted by atomic mass is 10.3. The van der Waals surface area contributed by atoms with Crippen molar-refractivity contribution in [2.75, 3.05) is 6.61 Å². The van der Waals surface area contributed by atoms with Crippen molar-refractivity contribution < 1.29 is 14.6 Å².